The fourth-order valence-electron chi connectivity index (χ4n) is 3.30. The predicted molar refractivity (Wildman–Crippen MR) is 108 cm³/mol. The quantitative estimate of drug-likeness (QED) is 0.595. The van der Waals surface area contributed by atoms with Gasteiger partial charge in [-0.15, -0.1) is 0 Å². The number of aromatic hydroxyl groups is 1. The molecule has 0 aromatic heterocycles. The largest absolute Gasteiger partial charge is 0.504 e. The summed E-state index contributed by atoms with van der Waals surface area (Å²) in [6, 6.07) is 4.50. The molecule has 1 aliphatic rings. The minimum Gasteiger partial charge on any atom is -0.504 e. The zero-order valence-electron chi connectivity index (χ0n) is 17.1. The maximum atomic E-state index is 12.6. The van der Waals surface area contributed by atoms with Crippen LogP contribution < -0.4 is 4.74 Å². The fraction of sp³-hybridized carbons (Fsp3) is 0.600. The molecule has 0 radical (unpaired) electrons. The van der Waals surface area contributed by atoms with Crippen LogP contribution in [0.5, 0.6) is 11.5 Å². The molecule has 1 saturated heterocycles. The highest BCUT2D eigenvalue weighted by atomic mass is 32.2. The number of phenolic OH excluding ortho intramolecular Hbond substituents is 1. The Morgan fingerprint density at radius 3 is 2.59 bits per heavy atom. The molecule has 8 nitrogen and oxygen atoms in total. The first-order chi connectivity index (χ1) is 13.6. The van der Waals surface area contributed by atoms with Crippen molar-refractivity contribution in [3.05, 3.63) is 23.8 Å². The molecule has 1 aliphatic heterocycles. The third kappa shape index (κ3) is 6.92. The Labute approximate surface area is 171 Å². The van der Waals surface area contributed by atoms with E-state index in [-0.39, 0.29) is 41.5 Å². The molecule has 0 saturated carbocycles. The van der Waals surface area contributed by atoms with Gasteiger partial charge in [-0.1, -0.05) is 19.9 Å². The van der Waals surface area contributed by atoms with E-state index in [0.717, 1.165) is 5.56 Å². The number of hydrogen-bond donors (Lipinski definition) is 1. The van der Waals surface area contributed by atoms with E-state index in [1.165, 1.54) is 18.1 Å². The maximum absolute atomic E-state index is 12.6. The van der Waals surface area contributed by atoms with Crippen molar-refractivity contribution >= 4 is 21.7 Å². The van der Waals surface area contributed by atoms with E-state index in [1.54, 1.807) is 12.1 Å². The average molecular weight is 428 g/mol. The number of benzene rings is 1. The van der Waals surface area contributed by atoms with E-state index in [9.17, 15) is 23.1 Å². The molecule has 2 rings (SSSR count). The van der Waals surface area contributed by atoms with E-state index in [0.29, 0.717) is 25.1 Å². The molecule has 1 aromatic rings. The van der Waals surface area contributed by atoms with Crippen LogP contribution in [-0.2, 0) is 30.6 Å². The van der Waals surface area contributed by atoms with Crippen molar-refractivity contribution < 1.29 is 32.6 Å². The summed E-state index contributed by atoms with van der Waals surface area (Å²) in [5.41, 5.74) is 0.740. The Kier molecular flexibility index (Phi) is 7.89. The number of hydrogen-bond acceptors (Lipinski definition) is 7. The van der Waals surface area contributed by atoms with E-state index in [4.69, 9.17) is 9.47 Å². The lowest BCUT2D eigenvalue weighted by Crippen LogP contribution is -2.45. The van der Waals surface area contributed by atoms with Crippen LogP contribution in [0.4, 0.5) is 0 Å². The van der Waals surface area contributed by atoms with Crippen LogP contribution in [0.1, 0.15) is 32.3 Å². The van der Waals surface area contributed by atoms with Gasteiger partial charge in [-0.2, -0.15) is 0 Å². The molecule has 1 aromatic carbocycles. The van der Waals surface area contributed by atoms with E-state index in [2.05, 4.69) is 0 Å². The van der Waals surface area contributed by atoms with Crippen LogP contribution in [0, 0.1) is 5.92 Å². The Morgan fingerprint density at radius 1 is 1.31 bits per heavy atom. The normalized spacial score (nSPS) is 17.9. The number of rotatable bonds is 9. The molecule has 1 unspecified atom stereocenters. The van der Waals surface area contributed by atoms with Crippen LogP contribution in [0.15, 0.2) is 18.2 Å². The minimum absolute atomic E-state index is 0.00983. The summed E-state index contributed by atoms with van der Waals surface area (Å²) in [5.74, 6) is -0.367. The topological polar surface area (TPSA) is 110 Å². The van der Waals surface area contributed by atoms with Gasteiger partial charge in [-0.3, -0.25) is 9.59 Å². The summed E-state index contributed by atoms with van der Waals surface area (Å²) in [6.07, 6.45) is 0.817. The number of carbonyl (C=O) groups is 2. The van der Waals surface area contributed by atoms with Crippen LogP contribution in [0.2, 0.25) is 0 Å². The summed E-state index contributed by atoms with van der Waals surface area (Å²) in [4.78, 5) is 26.1. The first kappa shape index (κ1) is 23.0. The van der Waals surface area contributed by atoms with Gasteiger partial charge in [0.05, 0.1) is 18.6 Å². The monoisotopic (exact) mass is 427 g/mol. The van der Waals surface area contributed by atoms with Crippen molar-refractivity contribution in [1.82, 2.24) is 4.90 Å². The van der Waals surface area contributed by atoms with Gasteiger partial charge >= 0.3 is 5.97 Å². The lowest BCUT2D eigenvalue weighted by Gasteiger charge is -2.29. The van der Waals surface area contributed by atoms with Crippen molar-refractivity contribution in [3.8, 4) is 11.5 Å². The third-order valence-electron chi connectivity index (χ3n) is 4.75. The lowest BCUT2D eigenvalue weighted by molar-refractivity contribution is -0.153. The first-order valence-electron chi connectivity index (χ1n) is 9.62. The van der Waals surface area contributed by atoms with Crippen molar-refractivity contribution in [2.45, 2.75) is 39.2 Å². The Balaban J connectivity index is 1.86. The summed E-state index contributed by atoms with van der Waals surface area (Å²) < 4.78 is 33.6. The van der Waals surface area contributed by atoms with E-state index >= 15 is 0 Å². The van der Waals surface area contributed by atoms with Gasteiger partial charge in [0, 0.05) is 19.0 Å². The van der Waals surface area contributed by atoms with Gasteiger partial charge in [0.1, 0.15) is 0 Å². The fourth-order valence-corrected chi connectivity index (χ4v) is 5.03. The van der Waals surface area contributed by atoms with Gasteiger partial charge in [0.15, 0.2) is 27.9 Å². The summed E-state index contributed by atoms with van der Waals surface area (Å²) >= 11 is 0. The molecule has 162 valence electrons. The van der Waals surface area contributed by atoms with Crippen molar-refractivity contribution in [1.29, 1.82) is 0 Å². The second-order valence-corrected chi connectivity index (χ2v) is 9.89. The van der Waals surface area contributed by atoms with Gasteiger partial charge in [0.25, 0.3) is 5.91 Å². The van der Waals surface area contributed by atoms with Crippen molar-refractivity contribution in [3.63, 3.8) is 0 Å². The van der Waals surface area contributed by atoms with Gasteiger partial charge in [-0.05, 0) is 36.5 Å². The van der Waals surface area contributed by atoms with Gasteiger partial charge in [-0.25, -0.2) is 8.42 Å². The van der Waals surface area contributed by atoms with Crippen molar-refractivity contribution in [2.24, 2.45) is 5.92 Å². The van der Waals surface area contributed by atoms with Gasteiger partial charge < -0.3 is 19.5 Å². The Morgan fingerprint density at radius 2 is 2.03 bits per heavy atom. The highest BCUT2D eigenvalue weighted by molar-refractivity contribution is 7.91. The predicted octanol–water partition coefficient (Wildman–Crippen LogP) is 1.55. The molecule has 0 aliphatic carbocycles. The molecular weight excluding hydrogens is 398 g/mol. The zero-order chi connectivity index (χ0) is 21.6. The molecule has 1 atom stereocenters. The maximum Gasteiger partial charge on any atom is 0.306 e. The molecule has 1 fully saturated rings. The van der Waals surface area contributed by atoms with Crippen LogP contribution >= 0.6 is 0 Å². The Hall–Kier alpha value is -2.29. The third-order valence-corrected chi connectivity index (χ3v) is 6.50. The molecule has 1 N–H and O–H groups in total. The molecular formula is C20H29NO7S. The molecule has 29 heavy (non-hydrogen) atoms. The van der Waals surface area contributed by atoms with E-state index in [1.807, 2.05) is 13.8 Å². The standard InChI is InChI=1S/C20H29NO7S/c1-14(2)11-21(16-8-9-29(25,26)13-16)19(23)12-28-20(24)7-5-15-4-6-18(27-3)17(22)10-15/h4,6,10,14,16,22H,5,7-9,11-13H2,1-3H3. The van der Waals surface area contributed by atoms with Crippen LogP contribution in [0.3, 0.4) is 0 Å². The highest BCUT2D eigenvalue weighted by Crippen LogP contribution is 2.26. The molecule has 0 spiro atoms. The highest BCUT2D eigenvalue weighted by Gasteiger charge is 2.35. The molecule has 1 heterocycles. The minimum atomic E-state index is -3.12. The second-order valence-electron chi connectivity index (χ2n) is 7.66. The second kappa shape index (κ2) is 9.96. The number of nitrogens with zero attached hydrogens (tertiary/aromatic N) is 1. The molecule has 1 amide bonds. The van der Waals surface area contributed by atoms with Crippen molar-refractivity contribution in [2.75, 3.05) is 31.8 Å². The zero-order valence-corrected chi connectivity index (χ0v) is 17.9. The van der Waals surface area contributed by atoms with Gasteiger partial charge in [0.2, 0.25) is 0 Å². The smallest absolute Gasteiger partial charge is 0.306 e. The number of aryl methyl sites for hydroxylation is 1. The number of ether oxygens (including phenoxy) is 2. The number of methoxy groups -OCH3 is 1. The summed E-state index contributed by atoms with van der Waals surface area (Å²) in [7, 11) is -1.67. The number of esters is 1. The first-order valence-corrected chi connectivity index (χ1v) is 11.4. The molecule has 9 heteroatoms. The molecule has 0 bridgehead atoms. The van der Waals surface area contributed by atoms with Crippen LogP contribution in [0.25, 0.3) is 0 Å². The number of amides is 1. The lowest BCUT2D eigenvalue weighted by atomic mass is 10.1. The summed E-state index contributed by atoms with van der Waals surface area (Å²) in [5, 5.41) is 9.77. The number of phenols is 1. The SMILES string of the molecule is COc1ccc(CCC(=O)OCC(=O)N(CC(C)C)C2CCS(=O)(=O)C2)cc1O. The van der Waals surface area contributed by atoms with E-state index < -0.39 is 22.4 Å². The summed E-state index contributed by atoms with van der Waals surface area (Å²) in [6.45, 7) is 3.90. The average Bonchev–Trinajstić information content (AvgIpc) is 3.02. The van der Waals surface area contributed by atoms with Crippen LogP contribution in [-0.4, -0.2) is 68.1 Å². The number of sulfone groups is 1. The number of carbonyl (C=O) groups excluding carboxylic acids is 2. The Bertz CT molecular complexity index is 835.